The van der Waals surface area contributed by atoms with Gasteiger partial charge in [0.15, 0.2) is 18.1 Å². The van der Waals surface area contributed by atoms with E-state index in [2.05, 4.69) is 15.8 Å². The third-order valence-electron chi connectivity index (χ3n) is 4.79. The molecule has 8 nitrogen and oxygen atoms in total. The van der Waals surface area contributed by atoms with Crippen LogP contribution in [0.4, 0.5) is 5.69 Å². The maximum Gasteiger partial charge on any atom is 0.271 e. The molecule has 35 heavy (non-hydrogen) atoms. The lowest BCUT2D eigenvalue weighted by Crippen LogP contribution is -2.20. The topological polar surface area (TPSA) is 98.3 Å². The monoisotopic (exact) mass is 495 g/mol. The van der Waals surface area contributed by atoms with Crippen molar-refractivity contribution >= 4 is 35.3 Å². The minimum Gasteiger partial charge on any atom is -0.493 e. The first-order valence-electron chi connectivity index (χ1n) is 10.8. The lowest BCUT2D eigenvalue weighted by molar-refractivity contribution is -0.118. The van der Waals surface area contributed by atoms with Gasteiger partial charge in [0, 0.05) is 16.3 Å². The predicted octanol–water partition coefficient (Wildman–Crippen LogP) is 4.84. The summed E-state index contributed by atoms with van der Waals surface area (Å²) in [6.07, 6.45) is 1.48. The first-order valence-corrected chi connectivity index (χ1v) is 11.2. The van der Waals surface area contributed by atoms with Crippen LogP contribution in [0, 0.1) is 6.92 Å². The normalized spacial score (nSPS) is 10.6. The number of amides is 2. The highest BCUT2D eigenvalue weighted by Crippen LogP contribution is 2.28. The Balaban J connectivity index is 1.54. The van der Waals surface area contributed by atoms with E-state index >= 15 is 0 Å². The van der Waals surface area contributed by atoms with Crippen molar-refractivity contribution in [2.75, 3.05) is 25.6 Å². The molecule has 9 heteroatoms. The van der Waals surface area contributed by atoms with Crippen molar-refractivity contribution in [2.45, 2.75) is 13.8 Å². The molecular weight excluding hydrogens is 470 g/mol. The van der Waals surface area contributed by atoms with Crippen molar-refractivity contribution in [3.8, 4) is 17.2 Å². The van der Waals surface area contributed by atoms with Gasteiger partial charge in [-0.2, -0.15) is 5.10 Å². The second-order valence-corrected chi connectivity index (χ2v) is 7.78. The number of methoxy groups -OCH3 is 1. The minimum absolute atomic E-state index is 0.178. The Labute approximate surface area is 208 Å². The van der Waals surface area contributed by atoms with Crippen molar-refractivity contribution in [1.82, 2.24) is 5.43 Å². The van der Waals surface area contributed by atoms with Crippen LogP contribution < -0.4 is 25.0 Å². The van der Waals surface area contributed by atoms with Crippen LogP contribution in [0.3, 0.4) is 0 Å². The van der Waals surface area contributed by atoms with Crippen LogP contribution in [0.5, 0.6) is 17.2 Å². The summed E-state index contributed by atoms with van der Waals surface area (Å²) in [4.78, 5) is 24.6. The first kappa shape index (κ1) is 25.6. The Kier molecular flexibility index (Phi) is 9.09. The summed E-state index contributed by atoms with van der Waals surface area (Å²) in [5.74, 6) is 0.782. The third-order valence-corrected chi connectivity index (χ3v) is 5.20. The third kappa shape index (κ3) is 7.48. The quantitative estimate of drug-likeness (QED) is 0.310. The molecule has 3 aromatic rings. The number of carbonyl (C=O) groups excluding carboxylic acids is 2. The fraction of sp³-hybridized carbons (Fsp3) is 0.192. The summed E-state index contributed by atoms with van der Waals surface area (Å²) in [5, 5.41) is 7.31. The van der Waals surface area contributed by atoms with Crippen LogP contribution in [-0.2, 0) is 4.79 Å². The Hall–Kier alpha value is -4.04. The minimum atomic E-state index is -0.400. The number of hydrogen-bond acceptors (Lipinski definition) is 6. The van der Waals surface area contributed by atoms with Gasteiger partial charge in [-0.1, -0.05) is 29.8 Å². The van der Waals surface area contributed by atoms with Crippen LogP contribution in [0.1, 0.15) is 28.4 Å². The molecule has 3 rings (SSSR count). The Morgan fingerprint density at radius 3 is 2.60 bits per heavy atom. The highest BCUT2D eigenvalue weighted by molar-refractivity contribution is 6.31. The molecule has 2 amide bonds. The van der Waals surface area contributed by atoms with E-state index in [1.165, 1.54) is 13.3 Å². The summed E-state index contributed by atoms with van der Waals surface area (Å²) in [6, 6.07) is 17.1. The molecule has 2 N–H and O–H groups in total. The number of carbonyl (C=O) groups is 2. The van der Waals surface area contributed by atoms with Crippen molar-refractivity contribution in [2.24, 2.45) is 5.10 Å². The molecule has 0 saturated heterocycles. The van der Waals surface area contributed by atoms with Gasteiger partial charge in [-0.05, 0) is 67.4 Å². The number of hydrazone groups is 1. The predicted molar refractivity (Wildman–Crippen MR) is 136 cm³/mol. The number of nitrogens with one attached hydrogen (secondary N) is 2. The van der Waals surface area contributed by atoms with Crippen LogP contribution in [0.25, 0.3) is 0 Å². The van der Waals surface area contributed by atoms with E-state index in [0.717, 1.165) is 5.56 Å². The molecule has 0 saturated carbocycles. The maximum atomic E-state index is 12.4. The number of hydrogen-bond donors (Lipinski definition) is 2. The van der Waals surface area contributed by atoms with E-state index in [0.29, 0.717) is 45.7 Å². The van der Waals surface area contributed by atoms with Crippen molar-refractivity contribution in [1.29, 1.82) is 0 Å². The Bertz CT molecular complexity index is 1230. The van der Waals surface area contributed by atoms with Crippen molar-refractivity contribution in [3.63, 3.8) is 0 Å². The summed E-state index contributed by atoms with van der Waals surface area (Å²) < 4.78 is 16.3. The molecule has 0 heterocycles. The number of halogens is 1. The standard InChI is InChI=1S/C26H26ClN3O5/c1-4-34-23-11-9-19(13-24(23)33-3)26(32)30-28-15-18-6-5-7-21(12-18)35-16-25(31)29-20-10-8-17(2)22(27)14-20/h5-15H,4,16H2,1-3H3,(H,29,31)(H,30,32)/b28-15+. The molecule has 0 aliphatic heterocycles. The number of nitrogens with zero attached hydrogens (tertiary/aromatic N) is 1. The van der Waals surface area contributed by atoms with Gasteiger partial charge in [-0.25, -0.2) is 5.43 Å². The zero-order chi connectivity index (χ0) is 25.2. The second-order valence-electron chi connectivity index (χ2n) is 7.37. The fourth-order valence-electron chi connectivity index (χ4n) is 3.01. The van der Waals surface area contributed by atoms with Gasteiger partial charge < -0.3 is 19.5 Å². The molecule has 0 radical (unpaired) electrons. The largest absolute Gasteiger partial charge is 0.493 e. The van der Waals surface area contributed by atoms with E-state index in [1.54, 1.807) is 54.6 Å². The van der Waals surface area contributed by atoms with Crippen LogP contribution in [0.2, 0.25) is 5.02 Å². The zero-order valence-electron chi connectivity index (χ0n) is 19.6. The molecule has 0 fully saturated rings. The molecule has 0 atom stereocenters. The van der Waals surface area contributed by atoms with E-state index in [-0.39, 0.29) is 12.5 Å². The highest BCUT2D eigenvalue weighted by atomic mass is 35.5. The second kappa shape index (κ2) is 12.4. The van der Waals surface area contributed by atoms with Gasteiger partial charge in [0.2, 0.25) is 0 Å². The molecule has 0 aromatic heterocycles. The van der Waals surface area contributed by atoms with Gasteiger partial charge in [-0.3, -0.25) is 9.59 Å². The van der Waals surface area contributed by atoms with E-state index < -0.39 is 5.91 Å². The maximum absolute atomic E-state index is 12.4. The summed E-state index contributed by atoms with van der Waals surface area (Å²) in [7, 11) is 1.51. The van der Waals surface area contributed by atoms with Gasteiger partial charge in [0.05, 0.1) is 19.9 Å². The number of ether oxygens (including phenoxy) is 3. The average Bonchev–Trinajstić information content (AvgIpc) is 2.85. The van der Waals surface area contributed by atoms with Crippen LogP contribution in [-0.4, -0.2) is 38.4 Å². The summed E-state index contributed by atoms with van der Waals surface area (Å²) in [5.41, 5.74) is 5.05. The molecule has 182 valence electrons. The molecule has 0 unspecified atom stereocenters. The SMILES string of the molecule is CCOc1ccc(C(=O)N/N=C/c2cccc(OCC(=O)Nc3ccc(C)c(Cl)c3)c2)cc1OC. The van der Waals surface area contributed by atoms with Crippen molar-refractivity contribution < 1.29 is 23.8 Å². The highest BCUT2D eigenvalue weighted by Gasteiger charge is 2.10. The number of rotatable bonds is 10. The lowest BCUT2D eigenvalue weighted by atomic mass is 10.2. The van der Waals surface area contributed by atoms with E-state index in [9.17, 15) is 9.59 Å². The van der Waals surface area contributed by atoms with Gasteiger partial charge in [0.25, 0.3) is 11.8 Å². The summed E-state index contributed by atoms with van der Waals surface area (Å²) in [6.45, 7) is 4.06. The molecule has 0 aliphatic rings. The first-order chi connectivity index (χ1) is 16.9. The summed E-state index contributed by atoms with van der Waals surface area (Å²) >= 11 is 6.08. The Morgan fingerprint density at radius 1 is 1.03 bits per heavy atom. The van der Waals surface area contributed by atoms with E-state index in [1.807, 2.05) is 19.9 Å². The van der Waals surface area contributed by atoms with Gasteiger partial charge in [0.1, 0.15) is 5.75 Å². The van der Waals surface area contributed by atoms with Crippen molar-refractivity contribution in [3.05, 3.63) is 82.4 Å². The lowest BCUT2D eigenvalue weighted by Gasteiger charge is -2.10. The van der Waals surface area contributed by atoms with E-state index in [4.69, 9.17) is 25.8 Å². The average molecular weight is 496 g/mol. The van der Waals surface area contributed by atoms with Crippen LogP contribution in [0.15, 0.2) is 65.8 Å². The smallest absolute Gasteiger partial charge is 0.271 e. The van der Waals surface area contributed by atoms with Crippen LogP contribution >= 0.6 is 11.6 Å². The van der Waals surface area contributed by atoms with Gasteiger partial charge in [-0.15, -0.1) is 0 Å². The fourth-order valence-corrected chi connectivity index (χ4v) is 3.20. The van der Waals surface area contributed by atoms with Gasteiger partial charge >= 0.3 is 0 Å². The molecule has 0 bridgehead atoms. The number of benzene rings is 3. The molecular formula is C26H26ClN3O5. The number of aryl methyl sites for hydroxylation is 1. The molecule has 0 aliphatic carbocycles. The molecule has 0 spiro atoms. The number of anilines is 1. The molecule has 3 aromatic carbocycles. The Morgan fingerprint density at radius 2 is 1.86 bits per heavy atom. The zero-order valence-corrected chi connectivity index (χ0v) is 20.4.